The number of anilines is 1. The lowest BCUT2D eigenvalue weighted by Crippen LogP contribution is -2.29. The Morgan fingerprint density at radius 3 is 2.86 bits per heavy atom. The summed E-state index contributed by atoms with van der Waals surface area (Å²) < 4.78 is 5.25. The zero-order valence-corrected chi connectivity index (χ0v) is 13.2. The highest BCUT2D eigenvalue weighted by Crippen LogP contribution is 2.31. The number of H-pyrrole nitrogens is 1. The van der Waals surface area contributed by atoms with Gasteiger partial charge in [0.05, 0.1) is 18.5 Å². The van der Waals surface area contributed by atoms with Gasteiger partial charge in [-0.3, -0.25) is 5.10 Å². The molecule has 6 heteroatoms. The molecule has 0 atom stereocenters. The molecule has 1 heterocycles. The summed E-state index contributed by atoms with van der Waals surface area (Å²) >= 11 is 0. The first-order chi connectivity index (χ1) is 10.7. The Balaban J connectivity index is 2.31. The number of hydrogen-bond donors (Lipinski definition) is 3. The van der Waals surface area contributed by atoms with Crippen molar-refractivity contribution in [1.29, 1.82) is 0 Å². The number of urea groups is 1. The van der Waals surface area contributed by atoms with E-state index in [4.69, 9.17) is 4.74 Å². The van der Waals surface area contributed by atoms with Gasteiger partial charge >= 0.3 is 6.03 Å². The molecule has 0 bridgehead atoms. The predicted octanol–water partition coefficient (Wildman–Crippen LogP) is 3.18. The third kappa shape index (κ3) is 3.58. The molecule has 0 fully saturated rings. The first-order valence-corrected chi connectivity index (χ1v) is 7.46. The summed E-state index contributed by atoms with van der Waals surface area (Å²) in [6.45, 7) is 4.66. The molecule has 3 N–H and O–H groups in total. The Morgan fingerprint density at radius 1 is 1.36 bits per heavy atom. The number of aryl methyl sites for hydroxylation is 1. The number of nitrogens with one attached hydrogen (secondary N) is 3. The van der Waals surface area contributed by atoms with Gasteiger partial charge < -0.3 is 15.4 Å². The third-order valence-electron chi connectivity index (χ3n) is 3.31. The standard InChI is InChI=1S/C16H22N4O2/c1-4-9-17-16(21)18-15-13(5-2)19-20-14(15)11-7-6-8-12(10-11)22-3/h6-8,10H,4-5,9H2,1-3H3,(H,19,20)(H2,17,18,21). The van der Waals surface area contributed by atoms with Crippen molar-refractivity contribution >= 4 is 11.7 Å². The lowest BCUT2D eigenvalue weighted by molar-refractivity contribution is 0.252. The summed E-state index contributed by atoms with van der Waals surface area (Å²) in [6.07, 6.45) is 1.64. The molecule has 0 saturated heterocycles. The normalized spacial score (nSPS) is 10.3. The Labute approximate surface area is 130 Å². The number of carbonyl (C=O) groups is 1. The van der Waals surface area contributed by atoms with Gasteiger partial charge in [-0.1, -0.05) is 26.0 Å². The second kappa shape index (κ2) is 7.49. The van der Waals surface area contributed by atoms with Crippen LogP contribution in [0.3, 0.4) is 0 Å². The fourth-order valence-electron chi connectivity index (χ4n) is 2.14. The van der Waals surface area contributed by atoms with Gasteiger partial charge in [0.2, 0.25) is 0 Å². The van der Waals surface area contributed by atoms with Crippen LogP contribution in [0.2, 0.25) is 0 Å². The maximum Gasteiger partial charge on any atom is 0.319 e. The Bertz CT molecular complexity index is 637. The largest absolute Gasteiger partial charge is 0.497 e. The van der Waals surface area contributed by atoms with Crippen LogP contribution in [0.5, 0.6) is 5.75 Å². The van der Waals surface area contributed by atoms with E-state index in [0.29, 0.717) is 17.9 Å². The number of benzene rings is 1. The zero-order valence-electron chi connectivity index (χ0n) is 13.2. The number of methoxy groups -OCH3 is 1. The van der Waals surface area contributed by atoms with Crippen molar-refractivity contribution in [3.63, 3.8) is 0 Å². The van der Waals surface area contributed by atoms with Crippen molar-refractivity contribution < 1.29 is 9.53 Å². The summed E-state index contributed by atoms with van der Waals surface area (Å²) in [7, 11) is 1.62. The number of ether oxygens (including phenoxy) is 1. The van der Waals surface area contributed by atoms with Crippen LogP contribution in [0.25, 0.3) is 11.3 Å². The molecular formula is C16H22N4O2. The molecule has 0 radical (unpaired) electrons. The molecule has 2 aromatic rings. The highest BCUT2D eigenvalue weighted by atomic mass is 16.5. The highest BCUT2D eigenvalue weighted by Gasteiger charge is 2.16. The SMILES string of the molecule is CCCNC(=O)Nc1c(-c2cccc(OC)c2)n[nH]c1CC. The molecule has 22 heavy (non-hydrogen) atoms. The van der Waals surface area contributed by atoms with Gasteiger partial charge in [0, 0.05) is 12.1 Å². The molecule has 0 unspecified atom stereocenters. The van der Waals surface area contributed by atoms with Gasteiger partial charge in [-0.15, -0.1) is 0 Å². The monoisotopic (exact) mass is 302 g/mol. The fraction of sp³-hybridized carbons (Fsp3) is 0.375. The number of hydrogen-bond acceptors (Lipinski definition) is 3. The maximum absolute atomic E-state index is 12.0. The van der Waals surface area contributed by atoms with E-state index in [-0.39, 0.29) is 6.03 Å². The minimum atomic E-state index is -0.220. The molecule has 2 rings (SSSR count). The lowest BCUT2D eigenvalue weighted by atomic mass is 10.1. The van der Waals surface area contributed by atoms with Gasteiger partial charge in [-0.05, 0) is 25.0 Å². The van der Waals surface area contributed by atoms with Crippen LogP contribution in [-0.4, -0.2) is 29.9 Å². The molecule has 0 aliphatic carbocycles. The number of rotatable bonds is 6. The van der Waals surface area contributed by atoms with Crippen LogP contribution >= 0.6 is 0 Å². The summed E-state index contributed by atoms with van der Waals surface area (Å²) in [5, 5.41) is 13.0. The topological polar surface area (TPSA) is 79.0 Å². The zero-order chi connectivity index (χ0) is 15.9. The first-order valence-electron chi connectivity index (χ1n) is 7.46. The molecular weight excluding hydrogens is 280 g/mol. The second-order valence-corrected chi connectivity index (χ2v) is 4.89. The average Bonchev–Trinajstić information content (AvgIpc) is 2.95. The first kappa shape index (κ1) is 15.9. The van der Waals surface area contributed by atoms with E-state index in [0.717, 1.165) is 29.8 Å². The van der Waals surface area contributed by atoms with E-state index in [1.165, 1.54) is 0 Å². The number of aromatic amines is 1. The summed E-state index contributed by atoms with van der Waals surface area (Å²) in [4.78, 5) is 12.0. The van der Waals surface area contributed by atoms with Crippen molar-refractivity contribution in [2.24, 2.45) is 0 Å². The van der Waals surface area contributed by atoms with Gasteiger partial charge in [0.1, 0.15) is 11.4 Å². The van der Waals surface area contributed by atoms with Crippen molar-refractivity contribution in [3.8, 4) is 17.0 Å². The lowest BCUT2D eigenvalue weighted by Gasteiger charge is -2.09. The third-order valence-corrected chi connectivity index (χ3v) is 3.31. The molecule has 0 aliphatic rings. The minimum Gasteiger partial charge on any atom is -0.497 e. The second-order valence-electron chi connectivity index (χ2n) is 4.89. The number of nitrogens with zero attached hydrogens (tertiary/aromatic N) is 1. The number of carbonyl (C=O) groups excluding carboxylic acids is 1. The Hall–Kier alpha value is -2.50. The van der Waals surface area contributed by atoms with Crippen LogP contribution in [0.4, 0.5) is 10.5 Å². The molecule has 0 aliphatic heterocycles. The van der Waals surface area contributed by atoms with Gasteiger partial charge in [-0.2, -0.15) is 5.10 Å². The molecule has 1 aromatic heterocycles. The summed E-state index contributed by atoms with van der Waals surface area (Å²) in [5.41, 5.74) is 3.21. The van der Waals surface area contributed by atoms with Gasteiger partial charge in [0.25, 0.3) is 0 Å². The highest BCUT2D eigenvalue weighted by molar-refractivity contribution is 5.94. The number of amides is 2. The van der Waals surface area contributed by atoms with E-state index < -0.39 is 0 Å². The predicted molar refractivity (Wildman–Crippen MR) is 87.3 cm³/mol. The quantitative estimate of drug-likeness (QED) is 0.766. The smallest absolute Gasteiger partial charge is 0.319 e. The van der Waals surface area contributed by atoms with Crippen molar-refractivity contribution in [2.75, 3.05) is 19.0 Å². The Kier molecular flexibility index (Phi) is 5.41. The van der Waals surface area contributed by atoms with Crippen molar-refractivity contribution in [1.82, 2.24) is 15.5 Å². The van der Waals surface area contributed by atoms with E-state index >= 15 is 0 Å². The van der Waals surface area contributed by atoms with Crippen LogP contribution in [0.1, 0.15) is 26.0 Å². The van der Waals surface area contributed by atoms with Crippen LogP contribution in [0, 0.1) is 0 Å². The average molecular weight is 302 g/mol. The molecule has 118 valence electrons. The maximum atomic E-state index is 12.0. The van der Waals surface area contributed by atoms with Gasteiger partial charge in [0.15, 0.2) is 0 Å². The molecule has 6 nitrogen and oxygen atoms in total. The number of aromatic nitrogens is 2. The van der Waals surface area contributed by atoms with Gasteiger partial charge in [-0.25, -0.2) is 4.79 Å². The molecule has 2 amide bonds. The summed E-state index contributed by atoms with van der Waals surface area (Å²) in [5.74, 6) is 0.750. The molecule has 0 saturated carbocycles. The van der Waals surface area contributed by atoms with Crippen molar-refractivity contribution in [2.45, 2.75) is 26.7 Å². The van der Waals surface area contributed by atoms with Crippen molar-refractivity contribution in [3.05, 3.63) is 30.0 Å². The van der Waals surface area contributed by atoms with E-state index in [9.17, 15) is 4.79 Å². The van der Waals surface area contributed by atoms with Crippen LogP contribution in [0.15, 0.2) is 24.3 Å². The molecule has 1 aromatic carbocycles. The Morgan fingerprint density at radius 2 is 2.18 bits per heavy atom. The van der Waals surface area contributed by atoms with E-state index in [1.54, 1.807) is 7.11 Å². The van der Waals surface area contributed by atoms with E-state index in [2.05, 4.69) is 20.8 Å². The fourth-order valence-corrected chi connectivity index (χ4v) is 2.14. The van der Waals surface area contributed by atoms with E-state index in [1.807, 2.05) is 38.1 Å². The molecule has 0 spiro atoms. The van der Waals surface area contributed by atoms with Crippen LogP contribution in [-0.2, 0) is 6.42 Å². The minimum absolute atomic E-state index is 0.220. The van der Waals surface area contributed by atoms with Crippen LogP contribution < -0.4 is 15.4 Å². The summed E-state index contributed by atoms with van der Waals surface area (Å²) in [6, 6.07) is 7.38.